The average Bonchev–Trinajstić information content (AvgIpc) is 3.02. The molecule has 4 rings (SSSR count). The predicted octanol–water partition coefficient (Wildman–Crippen LogP) is 3.64. The molecular weight excluding hydrogens is 368 g/mol. The first-order valence-electron chi connectivity index (χ1n) is 8.67. The number of ether oxygens (including phenoxy) is 2. The number of nitrogens with zero attached hydrogens (tertiary/aromatic N) is 2. The zero-order valence-corrected chi connectivity index (χ0v) is 15.3. The summed E-state index contributed by atoms with van der Waals surface area (Å²) in [5.41, 5.74) is 1.64. The van der Waals surface area contributed by atoms with Gasteiger partial charge in [-0.25, -0.2) is 0 Å². The number of thioether (sulfide) groups is 1. The minimum atomic E-state index is -0.465. The maximum absolute atomic E-state index is 12.7. The van der Waals surface area contributed by atoms with E-state index in [-0.39, 0.29) is 23.6 Å². The highest BCUT2D eigenvalue weighted by Gasteiger charge is 2.24. The summed E-state index contributed by atoms with van der Waals surface area (Å²) in [6, 6.07) is 11.8. The molecule has 2 aromatic rings. The van der Waals surface area contributed by atoms with E-state index in [1.165, 1.54) is 29.8 Å². The number of non-ortho nitro benzene ring substituents is 1. The molecule has 0 N–H and O–H groups in total. The van der Waals surface area contributed by atoms with Gasteiger partial charge in [-0.05, 0) is 36.2 Å². The highest BCUT2D eigenvalue weighted by molar-refractivity contribution is 7.99. The molecule has 7 nitrogen and oxygen atoms in total. The van der Waals surface area contributed by atoms with E-state index < -0.39 is 4.92 Å². The molecule has 0 saturated carbocycles. The molecule has 2 heterocycles. The molecule has 0 bridgehead atoms. The Bertz CT molecular complexity index is 871. The monoisotopic (exact) mass is 386 g/mol. The zero-order chi connectivity index (χ0) is 18.8. The third-order valence-electron chi connectivity index (χ3n) is 4.72. The van der Waals surface area contributed by atoms with Crippen molar-refractivity contribution in [1.82, 2.24) is 4.90 Å². The normalized spacial score (nSPS) is 18.8. The van der Waals surface area contributed by atoms with Gasteiger partial charge < -0.3 is 14.4 Å². The average molecular weight is 386 g/mol. The fourth-order valence-corrected chi connectivity index (χ4v) is 4.48. The Hall–Kier alpha value is -2.74. The molecule has 2 aliphatic rings. The number of carbonyl (C=O) groups excluding carboxylic acids is 1. The molecule has 1 fully saturated rings. The third-order valence-corrected chi connectivity index (χ3v) is 6.05. The van der Waals surface area contributed by atoms with Crippen LogP contribution >= 0.6 is 11.8 Å². The molecule has 1 unspecified atom stereocenters. The number of amides is 1. The Balaban J connectivity index is 1.43. The minimum Gasteiger partial charge on any atom is -0.454 e. The van der Waals surface area contributed by atoms with Crippen molar-refractivity contribution in [3.05, 3.63) is 63.7 Å². The predicted molar refractivity (Wildman–Crippen MR) is 101 cm³/mol. The summed E-state index contributed by atoms with van der Waals surface area (Å²) in [7, 11) is 0. The summed E-state index contributed by atoms with van der Waals surface area (Å²) in [6.07, 6.45) is 0.836. The van der Waals surface area contributed by atoms with E-state index in [2.05, 4.69) is 6.07 Å². The van der Waals surface area contributed by atoms with Crippen molar-refractivity contribution in [3.8, 4) is 11.5 Å². The van der Waals surface area contributed by atoms with E-state index in [0.717, 1.165) is 23.7 Å². The number of hydrogen-bond acceptors (Lipinski definition) is 6. The Morgan fingerprint density at radius 3 is 2.67 bits per heavy atom. The summed E-state index contributed by atoms with van der Waals surface area (Å²) in [6.45, 7) is 1.55. The molecule has 8 heteroatoms. The van der Waals surface area contributed by atoms with E-state index in [1.54, 1.807) is 0 Å². The molecule has 2 aromatic carbocycles. The highest BCUT2D eigenvalue weighted by Crippen LogP contribution is 2.40. The topological polar surface area (TPSA) is 81.9 Å². The first-order chi connectivity index (χ1) is 13.1. The number of carbonyl (C=O) groups is 1. The van der Waals surface area contributed by atoms with Crippen LogP contribution in [0.2, 0.25) is 0 Å². The Kier molecular flexibility index (Phi) is 4.89. The molecule has 0 spiro atoms. The molecule has 0 radical (unpaired) electrons. The number of benzene rings is 2. The van der Waals surface area contributed by atoms with Crippen LogP contribution in [-0.2, 0) is 0 Å². The van der Waals surface area contributed by atoms with Crippen molar-refractivity contribution in [2.45, 2.75) is 11.7 Å². The van der Waals surface area contributed by atoms with Crippen molar-refractivity contribution in [2.24, 2.45) is 0 Å². The molecule has 0 aromatic heterocycles. The third kappa shape index (κ3) is 3.71. The quantitative estimate of drug-likeness (QED) is 0.592. The van der Waals surface area contributed by atoms with E-state index >= 15 is 0 Å². The van der Waals surface area contributed by atoms with Gasteiger partial charge in [0.1, 0.15) is 0 Å². The summed E-state index contributed by atoms with van der Waals surface area (Å²) in [4.78, 5) is 24.9. The summed E-state index contributed by atoms with van der Waals surface area (Å²) in [5, 5.41) is 11.0. The van der Waals surface area contributed by atoms with Gasteiger partial charge in [0.05, 0.1) is 4.92 Å². The number of hydrogen-bond donors (Lipinski definition) is 0. The largest absolute Gasteiger partial charge is 0.454 e. The first-order valence-corrected chi connectivity index (χ1v) is 9.71. The van der Waals surface area contributed by atoms with Crippen LogP contribution in [0.15, 0.2) is 42.5 Å². The smallest absolute Gasteiger partial charge is 0.269 e. The van der Waals surface area contributed by atoms with Crippen molar-refractivity contribution in [3.63, 3.8) is 0 Å². The van der Waals surface area contributed by atoms with E-state index in [4.69, 9.17) is 9.47 Å². The second kappa shape index (κ2) is 7.48. The summed E-state index contributed by atoms with van der Waals surface area (Å²) < 4.78 is 10.8. The molecule has 1 atom stereocenters. The van der Waals surface area contributed by atoms with Gasteiger partial charge in [0.2, 0.25) is 6.79 Å². The molecular formula is C19H18N2O5S. The fourth-order valence-electron chi connectivity index (χ4n) is 3.26. The van der Waals surface area contributed by atoms with Gasteiger partial charge in [0.15, 0.2) is 11.5 Å². The van der Waals surface area contributed by atoms with Crippen LogP contribution in [0, 0.1) is 10.1 Å². The summed E-state index contributed by atoms with van der Waals surface area (Å²) in [5.74, 6) is 2.29. The van der Waals surface area contributed by atoms with E-state index in [1.807, 2.05) is 28.8 Å². The van der Waals surface area contributed by atoms with Gasteiger partial charge in [-0.2, -0.15) is 11.8 Å². The number of nitro groups is 1. The zero-order valence-electron chi connectivity index (χ0n) is 14.5. The van der Waals surface area contributed by atoms with Crippen LogP contribution in [0.1, 0.15) is 27.6 Å². The van der Waals surface area contributed by atoms with Crippen LogP contribution in [0.3, 0.4) is 0 Å². The van der Waals surface area contributed by atoms with Gasteiger partial charge in [0, 0.05) is 41.8 Å². The lowest BCUT2D eigenvalue weighted by Crippen LogP contribution is -2.32. The minimum absolute atomic E-state index is 0.0131. The molecule has 0 aliphatic carbocycles. The van der Waals surface area contributed by atoms with Crippen LogP contribution in [0.25, 0.3) is 0 Å². The van der Waals surface area contributed by atoms with Crippen LogP contribution < -0.4 is 9.47 Å². The molecule has 27 heavy (non-hydrogen) atoms. The Morgan fingerprint density at radius 1 is 1.11 bits per heavy atom. The van der Waals surface area contributed by atoms with Crippen LogP contribution in [-0.4, -0.2) is 41.4 Å². The second-order valence-electron chi connectivity index (χ2n) is 6.36. The lowest BCUT2D eigenvalue weighted by Gasteiger charge is -2.20. The lowest BCUT2D eigenvalue weighted by atomic mass is 10.1. The van der Waals surface area contributed by atoms with E-state index in [0.29, 0.717) is 18.7 Å². The molecule has 140 valence electrons. The first kappa shape index (κ1) is 17.7. The lowest BCUT2D eigenvalue weighted by molar-refractivity contribution is -0.384. The fraction of sp³-hybridized carbons (Fsp3) is 0.316. The number of nitro benzene ring substituents is 1. The van der Waals surface area contributed by atoms with Gasteiger partial charge in [0.25, 0.3) is 11.6 Å². The number of fused-ring (bicyclic) bond motifs is 1. The van der Waals surface area contributed by atoms with Crippen molar-refractivity contribution < 1.29 is 19.2 Å². The van der Waals surface area contributed by atoms with Gasteiger partial charge in [-0.1, -0.05) is 6.07 Å². The highest BCUT2D eigenvalue weighted by atomic mass is 32.2. The van der Waals surface area contributed by atoms with Crippen LogP contribution in [0.4, 0.5) is 5.69 Å². The molecule has 1 saturated heterocycles. The SMILES string of the molecule is O=C(c1ccc([N+](=O)[O-])cc1)N1CCSC(c2ccc3c(c2)OCO3)CC1. The van der Waals surface area contributed by atoms with Crippen molar-refractivity contribution >= 4 is 23.4 Å². The Morgan fingerprint density at radius 2 is 1.89 bits per heavy atom. The maximum atomic E-state index is 12.7. The molecule has 1 amide bonds. The van der Waals surface area contributed by atoms with Crippen LogP contribution in [0.5, 0.6) is 11.5 Å². The number of rotatable bonds is 3. The van der Waals surface area contributed by atoms with E-state index in [9.17, 15) is 14.9 Å². The standard InChI is InChI=1S/C19H18N2O5S/c22-19(13-1-4-15(5-2-13)21(23)24)20-8-7-18(27-10-9-20)14-3-6-16-17(11-14)26-12-25-16/h1-6,11,18H,7-10,12H2. The molecule has 2 aliphatic heterocycles. The van der Waals surface area contributed by atoms with Gasteiger partial charge in [-0.15, -0.1) is 0 Å². The van der Waals surface area contributed by atoms with Crippen molar-refractivity contribution in [1.29, 1.82) is 0 Å². The van der Waals surface area contributed by atoms with Gasteiger partial charge in [-0.3, -0.25) is 14.9 Å². The van der Waals surface area contributed by atoms with Crippen molar-refractivity contribution in [2.75, 3.05) is 25.6 Å². The summed E-state index contributed by atoms with van der Waals surface area (Å²) >= 11 is 1.83. The Labute approximate surface area is 160 Å². The van der Waals surface area contributed by atoms with Gasteiger partial charge >= 0.3 is 0 Å². The maximum Gasteiger partial charge on any atom is 0.269 e. The second-order valence-corrected chi connectivity index (χ2v) is 7.67.